The maximum absolute atomic E-state index is 13.3. The second-order valence-electron chi connectivity index (χ2n) is 5.80. The van der Waals surface area contributed by atoms with Crippen molar-refractivity contribution in [2.24, 2.45) is 0 Å². The first-order valence-electron chi connectivity index (χ1n) is 8.25. The van der Waals surface area contributed by atoms with Gasteiger partial charge in [-0.3, -0.25) is 10.1 Å². The van der Waals surface area contributed by atoms with Gasteiger partial charge in [-0.1, -0.05) is 30.3 Å². The number of hydrogen-bond acceptors (Lipinski definition) is 5. The van der Waals surface area contributed by atoms with Gasteiger partial charge in [0.1, 0.15) is 11.3 Å². The Labute approximate surface area is 153 Å². The fourth-order valence-electron chi connectivity index (χ4n) is 2.61. The molecule has 0 radical (unpaired) electrons. The summed E-state index contributed by atoms with van der Waals surface area (Å²) in [7, 11) is 0. The molecular weight excluding hydrogens is 347 g/mol. The molecule has 4 rings (SSSR count). The average Bonchev–Trinajstić information content (AvgIpc) is 3.15. The van der Waals surface area contributed by atoms with E-state index in [0.29, 0.717) is 29.1 Å². The molecule has 2 aromatic carbocycles. The molecule has 2 heterocycles. The molecule has 0 aliphatic carbocycles. The minimum Gasteiger partial charge on any atom is -0.364 e. The number of hydrogen-bond donors (Lipinski definition) is 3. The Morgan fingerprint density at radius 3 is 2.74 bits per heavy atom. The van der Waals surface area contributed by atoms with E-state index < -0.39 is 0 Å². The van der Waals surface area contributed by atoms with E-state index in [1.807, 2.05) is 6.07 Å². The van der Waals surface area contributed by atoms with Crippen LogP contribution in [0.3, 0.4) is 0 Å². The Bertz CT molecular complexity index is 1100. The highest BCUT2D eigenvalue weighted by molar-refractivity contribution is 6.03. The van der Waals surface area contributed by atoms with Gasteiger partial charge in [0.2, 0.25) is 5.95 Å². The number of H-pyrrole nitrogens is 1. The van der Waals surface area contributed by atoms with Crippen LogP contribution in [0.4, 0.5) is 16.2 Å². The average molecular weight is 362 g/mol. The lowest BCUT2D eigenvalue weighted by Gasteiger charge is -2.09. The smallest absolute Gasteiger partial charge is 0.258 e. The molecule has 0 unspecified atom stereocenters. The molecule has 8 heteroatoms. The zero-order valence-electron chi connectivity index (χ0n) is 14.1. The Balaban J connectivity index is 1.59. The van der Waals surface area contributed by atoms with Gasteiger partial charge in [0.15, 0.2) is 11.5 Å². The van der Waals surface area contributed by atoms with Gasteiger partial charge in [-0.2, -0.15) is 9.97 Å². The number of halogens is 1. The molecule has 7 nitrogen and oxygen atoms in total. The largest absolute Gasteiger partial charge is 0.364 e. The molecule has 4 aromatic rings. The van der Waals surface area contributed by atoms with Crippen molar-refractivity contribution in [2.45, 2.75) is 6.54 Å². The molecule has 3 N–H and O–H groups in total. The zero-order chi connectivity index (χ0) is 18.6. The lowest BCUT2D eigenvalue weighted by molar-refractivity contribution is 0.102. The van der Waals surface area contributed by atoms with Gasteiger partial charge in [-0.05, 0) is 29.8 Å². The van der Waals surface area contributed by atoms with Crippen molar-refractivity contribution in [3.05, 3.63) is 77.9 Å². The van der Waals surface area contributed by atoms with E-state index in [1.165, 1.54) is 18.5 Å². The molecule has 2 aromatic heterocycles. The lowest BCUT2D eigenvalue weighted by Crippen LogP contribution is -2.15. The van der Waals surface area contributed by atoms with Crippen LogP contribution in [0.2, 0.25) is 0 Å². The van der Waals surface area contributed by atoms with Crippen LogP contribution in [0.25, 0.3) is 11.2 Å². The molecule has 0 aliphatic rings. The van der Waals surface area contributed by atoms with Crippen molar-refractivity contribution in [3.63, 3.8) is 0 Å². The summed E-state index contributed by atoms with van der Waals surface area (Å²) in [5.74, 6) is -0.0311. The van der Waals surface area contributed by atoms with E-state index in [2.05, 4.69) is 30.6 Å². The third-order valence-corrected chi connectivity index (χ3v) is 3.90. The van der Waals surface area contributed by atoms with Crippen LogP contribution in [-0.2, 0) is 6.54 Å². The molecule has 0 bridgehead atoms. The van der Waals surface area contributed by atoms with Crippen molar-refractivity contribution in [3.8, 4) is 0 Å². The molecule has 134 valence electrons. The first kappa shape index (κ1) is 16.6. The molecule has 0 spiro atoms. The summed E-state index contributed by atoms with van der Waals surface area (Å²) in [6, 6.07) is 15.1. The van der Waals surface area contributed by atoms with Crippen LogP contribution in [-0.4, -0.2) is 25.8 Å². The number of benzene rings is 2. The van der Waals surface area contributed by atoms with Crippen molar-refractivity contribution in [2.75, 3.05) is 10.6 Å². The van der Waals surface area contributed by atoms with E-state index >= 15 is 0 Å². The van der Waals surface area contributed by atoms with Crippen molar-refractivity contribution >= 4 is 28.8 Å². The number of anilines is 2. The highest BCUT2D eigenvalue weighted by Crippen LogP contribution is 2.20. The van der Waals surface area contributed by atoms with Crippen LogP contribution in [0.15, 0.2) is 60.9 Å². The molecule has 1 amide bonds. The van der Waals surface area contributed by atoms with Gasteiger partial charge < -0.3 is 10.3 Å². The normalized spacial score (nSPS) is 10.7. The molecule has 0 atom stereocenters. The number of carbonyl (C=O) groups is 1. The van der Waals surface area contributed by atoms with Gasteiger partial charge in [0.25, 0.3) is 5.91 Å². The van der Waals surface area contributed by atoms with E-state index in [4.69, 9.17) is 0 Å². The summed E-state index contributed by atoms with van der Waals surface area (Å²) in [4.78, 5) is 28.0. The third kappa shape index (κ3) is 3.74. The maximum atomic E-state index is 13.3. The summed E-state index contributed by atoms with van der Waals surface area (Å²) in [6.45, 7) is 0.356. The number of nitrogens with one attached hydrogen (secondary N) is 3. The molecule has 27 heavy (non-hydrogen) atoms. The molecule has 0 fully saturated rings. The molecule has 0 aliphatic heterocycles. The first-order valence-corrected chi connectivity index (χ1v) is 8.25. The van der Waals surface area contributed by atoms with Crippen LogP contribution in [0.1, 0.15) is 15.9 Å². The second-order valence-corrected chi connectivity index (χ2v) is 5.80. The predicted octanol–water partition coefficient (Wildman–Crippen LogP) is 3.36. The monoisotopic (exact) mass is 362 g/mol. The van der Waals surface area contributed by atoms with Gasteiger partial charge >= 0.3 is 0 Å². The number of nitrogens with zero attached hydrogens (tertiary/aromatic N) is 3. The van der Waals surface area contributed by atoms with E-state index in [0.717, 1.165) is 5.56 Å². The number of fused-ring (bicyclic) bond motifs is 1. The van der Waals surface area contributed by atoms with Gasteiger partial charge in [-0.25, -0.2) is 9.37 Å². The Kier molecular flexibility index (Phi) is 4.44. The van der Waals surface area contributed by atoms with E-state index in [-0.39, 0.29) is 17.7 Å². The Hall–Kier alpha value is -3.81. The Morgan fingerprint density at radius 2 is 1.93 bits per heavy atom. The van der Waals surface area contributed by atoms with Gasteiger partial charge in [0.05, 0.1) is 6.33 Å². The minimum absolute atomic E-state index is 0.130. The number of carbonyl (C=O) groups excluding carboxylic acids is 1. The molecular formula is C19H15FN6O. The zero-order valence-corrected chi connectivity index (χ0v) is 14.1. The number of rotatable bonds is 5. The van der Waals surface area contributed by atoms with Crippen LogP contribution in [0.5, 0.6) is 0 Å². The number of aromatic nitrogens is 4. The standard InChI is InChI=1S/C19H15FN6O/c20-14-8-4-5-12(9-14)10-21-16-15-17(23-11-22-15)25-19(24-16)26-18(27)13-6-2-1-3-7-13/h1-9,11H,10H2,(H3,21,22,23,24,25,26,27). The van der Waals surface area contributed by atoms with Crippen molar-refractivity contribution in [1.82, 2.24) is 19.9 Å². The summed E-state index contributed by atoms with van der Waals surface area (Å²) < 4.78 is 13.3. The summed E-state index contributed by atoms with van der Waals surface area (Å²) in [5.41, 5.74) is 2.27. The third-order valence-electron chi connectivity index (χ3n) is 3.90. The van der Waals surface area contributed by atoms with E-state index in [9.17, 15) is 9.18 Å². The predicted molar refractivity (Wildman–Crippen MR) is 99.8 cm³/mol. The number of imidazole rings is 1. The minimum atomic E-state index is -0.318. The second kappa shape index (κ2) is 7.20. The van der Waals surface area contributed by atoms with Crippen LogP contribution in [0, 0.1) is 5.82 Å². The molecule has 0 saturated heterocycles. The SMILES string of the molecule is O=C(Nc1nc(NCc2cccc(F)c2)c2[nH]cnc2n1)c1ccccc1. The topological polar surface area (TPSA) is 95.6 Å². The van der Waals surface area contributed by atoms with Gasteiger partial charge in [0, 0.05) is 12.1 Å². The Morgan fingerprint density at radius 1 is 1.07 bits per heavy atom. The maximum Gasteiger partial charge on any atom is 0.258 e. The highest BCUT2D eigenvalue weighted by atomic mass is 19.1. The fourth-order valence-corrected chi connectivity index (χ4v) is 2.61. The van der Waals surface area contributed by atoms with Crippen molar-refractivity contribution in [1.29, 1.82) is 0 Å². The van der Waals surface area contributed by atoms with Crippen molar-refractivity contribution < 1.29 is 9.18 Å². The number of aromatic amines is 1. The molecule has 0 saturated carbocycles. The lowest BCUT2D eigenvalue weighted by atomic mass is 10.2. The summed E-state index contributed by atoms with van der Waals surface area (Å²) in [6.07, 6.45) is 1.50. The van der Waals surface area contributed by atoms with E-state index in [1.54, 1.807) is 36.4 Å². The van der Waals surface area contributed by atoms with Crippen LogP contribution >= 0.6 is 0 Å². The van der Waals surface area contributed by atoms with Gasteiger partial charge in [-0.15, -0.1) is 0 Å². The fraction of sp³-hybridized carbons (Fsp3) is 0.0526. The number of amides is 1. The summed E-state index contributed by atoms with van der Waals surface area (Å²) in [5, 5.41) is 5.80. The first-order chi connectivity index (χ1) is 13.2. The van der Waals surface area contributed by atoms with Crippen LogP contribution < -0.4 is 10.6 Å². The summed E-state index contributed by atoms with van der Waals surface area (Å²) >= 11 is 0. The highest BCUT2D eigenvalue weighted by Gasteiger charge is 2.13. The quantitative estimate of drug-likeness (QED) is 0.506.